The van der Waals surface area contributed by atoms with Crippen molar-refractivity contribution in [3.8, 4) is 0 Å². The number of benzene rings is 1. The van der Waals surface area contributed by atoms with Crippen LogP contribution in [-0.4, -0.2) is 12.0 Å². The van der Waals surface area contributed by atoms with Crippen molar-refractivity contribution in [3.05, 3.63) is 66.1 Å². The predicted molar refractivity (Wildman–Crippen MR) is 63.5 cm³/mol. The van der Waals surface area contributed by atoms with E-state index < -0.39 is 17.5 Å². The number of carbonyl (C=O) groups is 1. The monoisotopic (exact) mass is 266 g/mol. The number of allylic oxidation sites excluding steroid dienone is 2. The van der Waals surface area contributed by atoms with Crippen molar-refractivity contribution in [2.45, 2.75) is 6.18 Å². The second-order valence-electron chi connectivity index (χ2n) is 3.76. The Morgan fingerprint density at radius 1 is 1.05 bits per heavy atom. The summed E-state index contributed by atoms with van der Waals surface area (Å²) in [4.78, 5) is 11.7. The zero-order valence-corrected chi connectivity index (χ0v) is 9.65. The van der Waals surface area contributed by atoms with Gasteiger partial charge in [-0.3, -0.25) is 4.79 Å². The minimum atomic E-state index is -4.61. The number of hydrogen-bond donors (Lipinski definition) is 0. The highest BCUT2D eigenvalue weighted by atomic mass is 19.4. The number of halogens is 3. The van der Waals surface area contributed by atoms with E-state index in [4.69, 9.17) is 4.42 Å². The molecular formula is C14H9F3O2. The number of carbonyl (C=O) groups excluding carboxylic acids is 1. The number of rotatable bonds is 3. The molecule has 0 amide bonds. The number of furan rings is 1. The zero-order chi connectivity index (χ0) is 13.9. The van der Waals surface area contributed by atoms with Crippen LogP contribution in [0, 0.1) is 0 Å². The summed E-state index contributed by atoms with van der Waals surface area (Å²) in [7, 11) is 0. The van der Waals surface area contributed by atoms with E-state index in [1.54, 1.807) is 6.07 Å². The molecule has 0 N–H and O–H groups in total. The minimum absolute atomic E-state index is 0.0603. The number of alkyl halides is 3. The van der Waals surface area contributed by atoms with Crippen LogP contribution in [0.2, 0.25) is 0 Å². The Labute approximate surface area is 107 Å². The first kappa shape index (κ1) is 13.1. The van der Waals surface area contributed by atoms with E-state index in [0.717, 1.165) is 0 Å². The summed E-state index contributed by atoms with van der Waals surface area (Å²) in [6.07, 6.45) is -2.82. The zero-order valence-electron chi connectivity index (χ0n) is 9.65. The maximum absolute atomic E-state index is 13.0. The summed E-state index contributed by atoms with van der Waals surface area (Å²) in [6, 6.07) is 9.92. The van der Waals surface area contributed by atoms with Crippen molar-refractivity contribution in [1.29, 1.82) is 0 Å². The molecular weight excluding hydrogens is 257 g/mol. The van der Waals surface area contributed by atoms with Gasteiger partial charge in [-0.1, -0.05) is 30.3 Å². The highest BCUT2D eigenvalue weighted by Gasteiger charge is 2.35. The fourth-order valence-electron chi connectivity index (χ4n) is 1.57. The van der Waals surface area contributed by atoms with Gasteiger partial charge in [-0.2, -0.15) is 13.2 Å². The fourth-order valence-corrected chi connectivity index (χ4v) is 1.57. The van der Waals surface area contributed by atoms with Crippen LogP contribution in [0.5, 0.6) is 0 Å². The van der Waals surface area contributed by atoms with E-state index >= 15 is 0 Å². The Bertz CT molecular complexity index is 581. The molecule has 0 aliphatic carbocycles. The van der Waals surface area contributed by atoms with Gasteiger partial charge in [0.25, 0.3) is 0 Å². The summed E-state index contributed by atoms with van der Waals surface area (Å²) in [5, 5.41) is 0. The first-order chi connectivity index (χ1) is 8.98. The lowest BCUT2D eigenvalue weighted by Crippen LogP contribution is -2.12. The first-order valence-electron chi connectivity index (χ1n) is 5.40. The molecule has 0 saturated heterocycles. The molecule has 5 heteroatoms. The van der Waals surface area contributed by atoms with Crippen molar-refractivity contribution >= 4 is 11.4 Å². The van der Waals surface area contributed by atoms with Crippen LogP contribution in [0.25, 0.3) is 5.57 Å². The van der Waals surface area contributed by atoms with E-state index in [-0.39, 0.29) is 11.3 Å². The summed E-state index contributed by atoms with van der Waals surface area (Å²) >= 11 is 0. The maximum Gasteiger partial charge on any atom is 0.417 e. The van der Waals surface area contributed by atoms with E-state index in [0.29, 0.717) is 6.08 Å². The van der Waals surface area contributed by atoms with Gasteiger partial charge in [0.1, 0.15) is 0 Å². The SMILES string of the molecule is O=C(/C=C(\c1ccccc1)C(F)(F)F)c1ccco1. The van der Waals surface area contributed by atoms with Crippen LogP contribution in [0.1, 0.15) is 16.1 Å². The molecule has 1 aromatic carbocycles. The van der Waals surface area contributed by atoms with Gasteiger partial charge in [0, 0.05) is 6.08 Å². The molecule has 0 atom stereocenters. The van der Waals surface area contributed by atoms with Gasteiger partial charge in [0.05, 0.1) is 11.8 Å². The quantitative estimate of drug-likeness (QED) is 0.618. The molecule has 0 aliphatic heterocycles. The largest absolute Gasteiger partial charge is 0.461 e. The average Bonchev–Trinajstić information content (AvgIpc) is 2.89. The first-order valence-corrected chi connectivity index (χ1v) is 5.40. The van der Waals surface area contributed by atoms with Crippen molar-refractivity contribution < 1.29 is 22.4 Å². The van der Waals surface area contributed by atoms with E-state index in [1.165, 1.54) is 42.7 Å². The molecule has 1 heterocycles. The lowest BCUT2D eigenvalue weighted by molar-refractivity contribution is -0.0689. The van der Waals surface area contributed by atoms with Gasteiger partial charge in [-0.15, -0.1) is 0 Å². The van der Waals surface area contributed by atoms with Gasteiger partial charge in [0.15, 0.2) is 5.76 Å². The second-order valence-corrected chi connectivity index (χ2v) is 3.76. The molecule has 2 nitrogen and oxygen atoms in total. The van der Waals surface area contributed by atoms with E-state index in [1.807, 2.05) is 0 Å². The normalized spacial score (nSPS) is 12.5. The van der Waals surface area contributed by atoms with Crippen LogP contribution in [-0.2, 0) is 0 Å². The molecule has 0 fully saturated rings. The Hall–Kier alpha value is -2.30. The lowest BCUT2D eigenvalue weighted by Gasteiger charge is -2.11. The molecule has 0 spiro atoms. The molecule has 0 bridgehead atoms. The summed E-state index contributed by atoms with van der Waals surface area (Å²) < 4.78 is 43.7. The van der Waals surface area contributed by atoms with Crippen molar-refractivity contribution in [2.75, 3.05) is 0 Å². The number of hydrogen-bond acceptors (Lipinski definition) is 2. The molecule has 2 aromatic rings. The summed E-state index contributed by atoms with van der Waals surface area (Å²) in [6.45, 7) is 0. The Balaban J connectivity index is 2.42. The van der Waals surface area contributed by atoms with Gasteiger partial charge in [-0.05, 0) is 17.7 Å². The third-order valence-corrected chi connectivity index (χ3v) is 2.43. The predicted octanol–water partition coefficient (Wildman–Crippen LogP) is 4.11. The molecule has 0 saturated carbocycles. The minimum Gasteiger partial charge on any atom is -0.461 e. The fraction of sp³-hybridized carbons (Fsp3) is 0.0714. The van der Waals surface area contributed by atoms with E-state index in [9.17, 15) is 18.0 Å². The Morgan fingerprint density at radius 3 is 2.26 bits per heavy atom. The molecule has 19 heavy (non-hydrogen) atoms. The van der Waals surface area contributed by atoms with Crippen LogP contribution in [0.3, 0.4) is 0 Å². The Morgan fingerprint density at radius 2 is 1.74 bits per heavy atom. The second kappa shape index (κ2) is 5.14. The summed E-state index contributed by atoms with van der Waals surface area (Å²) in [5.74, 6) is -0.946. The Kier molecular flexibility index (Phi) is 3.55. The lowest BCUT2D eigenvalue weighted by atomic mass is 10.0. The average molecular weight is 266 g/mol. The van der Waals surface area contributed by atoms with Gasteiger partial charge in [0.2, 0.25) is 5.78 Å². The highest BCUT2D eigenvalue weighted by molar-refractivity contribution is 6.07. The molecule has 0 unspecified atom stereocenters. The molecule has 1 aromatic heterocycles. The molecule has 2 rings (SSSR count). The standard InChI is InChI=1S/C14H9F3O2/c15-14(16,17)11(10-5-2-1-3-6-10)9-12(18)13-7-4-8-19-13/h1-9H/b11-9+. The smallest absolute Gasteiger partial charge is 0.417 e. The van der Waals surface area contributed by atoms with Crippen LogP contribution in [0.4, 0.5) is 13.2 Å². The molecule has 0 radical (unpaired) electrons. The van der Waals surface area contributed by atoms with Crippen molar-refractivity contribution in [2.24, 2.45) is 0 Å². The maximum atomic E-state index is 13.0. The van der Waals surface area contributed by atoms with Gasteiger partial charge in [-0.25, -0.2) is 0 Å². The van der Waals surface area contributed by atoms with Crippen molar-refractivity contribution in [1.82, 2.24) is 0 Å². The molecule has 0 aliphatic rings. The topological polar surface area (TPSA) is 30.2 Å². The van der Waals surface area contributed by atoms with Crippen LogP contribution >= 0.6 is 0 Å². The third-order valence-electron chi connectivity index (χ3n) is 2.43. The van der Waals surface area contributed by atoms with Gasteiger partial charge < -0.3 is 4.42 Å². The van der Waals surface area contributed by atoms with Crippen LogP contribution in [0.15, 0.2) is 59.2 Å². The van der Waals surface area contributed by atoms with E-state index in [2.05, 4.69) is 0 Å². The molecule has 98 valence electrons. The van der Waals surface area contributed by atoms with Gasteiger partial charge >= 0.3 is 6.18 Å². The number of ketones is 1. The summed E-state index contributed by atoms with van der Waals surface area (Å²) in [5.41, 5.74) is -1.05. The third kappa shape index (κ3) is 3.13. The highest BCUT2D eigenvalue weighted by Crippen LogP contribution is 2.34. The van der Waals surface area contributed by atoms with Crippen molar-refractivity contribution in [3.63, 3.8) is 0 Å². The van der Waals surface area contributed by atoms with Crippen LogP contribution < -0.4 is 0 Å².